The Labute approximate surface area is 148 Å². The molecule has 7 rings (SSSR count). The number of imidazole rings is 1. The fourth-order valence-electron chi connectivity index (χ4n) is 6.37. The minimum absolute atomic E-state index is 0.681. The second-order valence-electron chi connectivity index (χ2n) is 8.68. The third-order valence-corrected chi connectivity index (χ3v) is 7.15. The predicted molar refractivity (Wildman–Crippen MR) is 101 cm³/mol. The maximum Gasteiger partial charge on any atom is 0.110 e. The zero-order valence-electron chi connectivity index (χ0n) is 14.5. The van der Waals surface area contributed by atoms with Crippen LogP contribution < -0.4 is 0 Å². The summed E-state index contributed by atoms with van der Waals surface area (Å²) in [6.07, 6.45) is 7.31. The lowest BCUT2D eigenvalue weighted by Crippen LogP contribution is -2.44. The Balaban J connectivity index is 1.39. The Bertz CT molecular complexity index is 896. The molecule has 4 saturated carbocycles. The van der Waals surface area contributed by atoms with Gasteiger partial charge in [-0.3, -0.25) is 0 Å². The summed E-state index contributed by atoms with van der Waals surface area (Å²) in [5.41, 5.74) is 4.86. The van der Waals surface area contributed by atoms with E-state index < -0.39 is 0 Å². The summed E-state index contributed by atoms with van der Waals surface area (Å²) in [5.74, 6) is 5.76. The molecule has 1 heterocycles. The molecule has 3 aromatic rings. The molecule has 0 aliphatic heterocycles. The first kappa shape index (κ1) is 14.1. The van der Waals surface area contributed by atoms with Gasteiger partial charge in [-0.15, -0.1) is 0 Å². The van der Waals surface area contributed by atoms with Gasteiger partial charge in [0.05, 0.1) is 11.0 Å². The van der Waals surface area contributed by atoms with Crippen LogP contribution in [-0.4, -0.2) is 9.97 Å². The van der Waals surface area contributed by atoms with E-state index in [-0.39, 0.29) is 0 Å². The summed E-state index contributed by atoms with van der Waals surface area (Å²) in [5, 5.41) is 0. The molecular formula is C23H24N2. The Hall–Kier alpha value is -2.09. The van der Waals surface area contributed by atoms with Gasteiger partial charge in [-0.05, 0) is 79.0 Å². The molecule has 4 fully saturated rings. The lowest BCUT2D eigenvalue weighted by Gasteiger charge is -2.53. The highest BCUT2D eigenvalue weighted by atomic mass is 14.9. The molecule has 0 saturated heterocycles. The van der Waals surface area contributed by atoms with Crippen molar-refractivity contribution in [2.45, 2.75) is 38.0 Å². The molecule has 4 bridgehead atoms. The summed E-state index contributed by atoms with van der Waals surface area (Å²) in [6, 6.07) is 17.3. The van der Waals surface area contributed by atoms with Crippen LogP contribution in [0.1, 0.15) is 43.8 Å². The van der Waals surface area contributed by atoms with Crippen molar-refractivity contribution in [2.75, 3.05) is 0 Å². The number of benzene rings is 2. The Morgan fingerprint density at radius 3 is 2.20 bits per heavy atom. The lowest BCUT2D eigenvalue weighted by molar-refractivity contribution is -0.00528. The molecule has 0 unspecified atom stereocenters. The third kappa shape index (κ3) is 2.19. The SMILES string of the molecule is c1ccc(-c2ccc3[nH]c(C4[C@H]5C[C@@H]6C[C@@H](C[C@H]4C6)C5)nc3c2)cc1. The minimum Gasteiger partial charge on any atom is -0.342 e. The number of rotatable bonds is 2. The van der Waals surface area contributed by atoms with Gasteiger partial charge in [-0.2, -0.15) is 0 Å². The Kier molecular flexibility index (Phi) is 2.94. The van der Waals surface area contributed by atoms with E-state index in [0.717, 1.165) is 29.2 Å². The first-order valence-corrected chi connectivity index (χ1v) is 9.88. The normalized spacial score (nSPS) is 33.2. The quantitative estimate of drug-likeness (QED) is 0.635. The second-order valence-corrected chi connectivity index (χ2v) is 8.68. The number of aromatic amines is 1. The molecule has 0 spiro atoms. The molecule has 1 N–H and O–H groups in total. The summed E-state index contributed by atoms with van der Waals surface area (Å²) < 4.78 is 0. The molecule has 1 aromatic heterocycles. The zero-order chi connectivity index (χ0) is 16.4. The van der Waals surface area contributed by atoms with Gasteiger partial charge in [-0.25, -0.2) is 4.98 Å². The van der Waals surface area contributed by atoms with Crippen LogP contribution in [-0.2, 0) is 0 Å². The Morgan fingerprint density at radius 2 is 1.48 bits per heavy atom. The van der Waals surface area contributed by atoms with Crippen molar-refractivity contribution in [3.8, 4) is 11.1 Å². The van der Waals surface area contributed by atoms with E-state index in [1.165, 1.54) is 54.6 Å². The highest BCUT2D eigenvalue weighted by Gasteiger charge is 2.49. The van der Waals surface area contributed by atoms with E-state index in [4.69, 9.17) is 4.98 Å². The highest BCUT2D eigenvalue weighted by Crippen LogP contribution is 2.59. The van der Waals surface area contributed by atoms with Crippen molar-refractivity contribution >= 4 is 11.0 Å². The van der Waals surface area contributed by atoms with Gasteiger partial charge < -0.3 is 4.98 Å². The summed E-state index contributed by atoms with van der Waals surface area (Å²) in [6.45, 7) is 0. The molecule has 0 atom stereocenters. The molecule has 25 heavy (non-hydrogen) atoms. The molecule has 2 aromatic carbocycles. The average molecular weight is 328 g/mol. The zero-order valence-corrected chi connectivity index (χ0v) is 14.5. The third-order valence-electron chi connectivity index (χ3n) is 7.15. The maximum absolute atomic E-state index is 5.09. The van der Waals surface area contributed by atoms with Crippen LogP contribution in [0, 0.1) is 23.7 Å². The summed E-state index contributed by atoms with van der Waals surface area (Å²) in [7, 11) is 0. The molecule has 126 valence electrons. The van der Waals surface area contributed by atoms with E-state index in [1.54, 1.807) is 0 Å². The number of hydrogen-bond acceptors (Lipinski definition) is 1. The van der Waals surface area contributed by atoms with Crippen molar-refractivity contribution in [3.05, 3.63) is 54.4 Å². The van der Waals surface area contributed by atoms with Crippen LogP contribution in [0.4, 0.5) is 0 Å². The van der Waals surface area contributed by atoms with Crippen LogP contribution in [0.2, 0.25) is 0 Å². The van der Waals surface area contributed by atoms with E-state index in [2.05, 4.69) is 53.5 Å². The van der Waals surface area contributed by atoms with Crippen molar-refractivity contribution in [2.24, 2.45) is 23.7 Å². The van der Waals surface area contributed by atoms with Gasteiger partial charge in [-0.1, -0.05) is 36.4 Å². The van der Waals surface area contributed by atoms with E-state index in [0.29, 0.717) is 5.92 Å². The number of aromatic nitrogens is 2. The van der Waals surface area contributed by atoms with Gasteiger partial charge in [0.1, 0.15) is 5.82 Å². The summed E-state index contributed by atoms with van der Waals surface area (Å²) in [4.78, 5) is 8.78. The van der Waals surface area contributed by atoms with E-state index >= 15 is 0 Å². The lowest BCUT2D eigenvalue weighted by atomic mass is 9.52. The summed E-state index contributed by atoms with van der Waals surface area (Å²) >= 11 is 0. The van der Waals surface area contributed by atoms with Crippen molar-refractivity contribution < 1.29 is 0 Å². The minimum atomic E-state index is 0.681. The van der Waals surface area contributed by atoms with Crippen LogP contribution >= 0.6 is 0 Å². The van der Waals surface area contributed by atoms with Crippen molar-refractivity contribution in [3.63, 3.8) is 0 Å². The van der Waals surface area contributed by atoms with Crippen molar-refractivity contribution in [1.82, 2.24) is 9.97 Å². The fourth-order valence-corrected chi connectivity index (χ4v) is 6.37. The first-order chi connectivity index (χ1) is 12.3. The second kappa shape index (κ2) is 5.20. The van der Waals surface area contributed by atoms with Crippen LogP contribution in [0.5, 0.6) is 0 Å². The average Bonchev–Trinajstić information content (AvgIpc) is 3.04. The molecule has 0 amide bonds. The number of fused-ring (bicyclic) bond motifs is 1. The number of nitrogens with one attached hydrogen (secondary N) is 1. The molecule has 0 radical (unpaired) electrons. The van der Waals surface area contributed by atoms with Gasteiger partial charge in [0.2, 0.25) is 0 Å². The van der Waals surface area contributed by atoms with Gasteiger partial charge in [0, 0.05) is 5.92 Å². The molecule has 2 heteroatoms. The smallest absolute Gasteiger partial charge is 0.110 e. The van der Waals surface area contributed by atoms with Crippen LogP contribution in [0.3, 0.4) is 0 Å². The molecule has 2 nitrogen and oxygen atoms in total. The number of H-pyrrole nitrogens is 1. The fraction of sp³-hybridized carbons (Fsp3) is 0.435. The first-order valence-electron chi connectivity index (χ1n) is 9.88. The van der Waals surface area contributed by atoms with Crippen molar-refractivity contribution in [1.29, 1.82) is 0 Å². The van der Waals surface area contributed by atoms with Gasteiger partial charge in [0.15, 0.2) is 0 Å². The van der Waals surface area contributed by atoms with Gasteiger partial charge >= 0.3 is 0 Å². The van der Waals surface area contributed by atoms with Crippen LogP contribution in [0.15, 0.2) is 48.5 Å². The standard InChI is InChI=1S/C23H24N2/c1-2-4-16(5-3-1)17-6-7-20-21(13-17)25-23(24-20)22-18-9-14-8-15(11-18)12-19(22)10-14/h1-7,13-15,18-19,22H,8-12H2,(H,24,25)/t14-,15+,18-,19+,22?. The largest absolute Gasteiger partial charge is 0.342 e. The predicted octanol–water partition coefficient (Wildman–Crippen LogP) is 5.77. The van der Waals surface area contributed by atoms with Gasteiger partial charge in [0.25, 0.3) is 0 Å². The maximum atomic E-state index is 5.09. The van der Waals surface area contributed by atoms with E-state index in [1.807, 2.05) is 0 Å². The Morgan fingerprint density at radius 1 is 0.760 bits per heavy atom. The molecular weight excluding hydrogens is 304 g/mol. The topological polar surface area (TPSA) is 28.7 Å². The monoisotopic (exact) mass is 328 g/mol. The number of hydrogen-bond donors (Lipinski definition) is 1. The molecule has 4 aliphatic rings. The molecule has 4 aliphatic carbocycles. The van der Waals surface area contributed by atoms with Crippen LogP contribution in [0.25, 0.3) is 22.2 Å². The van der Waals surface area contributed by atoms with E-state index in [9.17, 15) is 0 Å². The highest BCUT2D eigenvalue weighted by molar-refractivity contribution is 5.82. The number of nitrogens with zero attached hydrogens (tertiary/aromatic N) is 1.